The minimum atomic E-state index is -1.24. The molecule has 0 saturated heterocycles. The van der Waals surface area contributed by atoms with Gasteiger partial charge in [0.05, 0.1) is 10.6 Å². The zero-order valence-electron chi connectivity index (χ0n) is 12.8. The molecule has 0 aliphatic rings. The van der Waals surface area contributed by atoms with Crippen molar-refractivity contribution in [1.82, 2.24) is 14.7 Å². The summed E-state index contributed by atoms with van der Waals surface area (Å²) in [6, 6.07) is 1.80. The summed E-state index contributed by atoms with van der Waals surface area (Å²) in [6.07, 6.45) is 0. The molecule has 2 rings (SSSR count). The molecule has 0 saturated carbocycles. The highest BCUT2D eigenvalue weighted by atomic mass is 32.1. The molecule has 6 nitrogen and oxygen atoms in total. The van der Waals surface area contributed by atoms with Crippen LogP contribution in [0.4, 0.5) is 0 Å². The fraction of sp³-hybridized carbons (Fsp3) is 0.500. The molecule has 1 amide bonds. The van der Waals surface area contributed by atoms with Crippen molar-refractivity contribution in [3.63, 3.8) is 0 Å². The van der Waals surface area contributed by atoms with Gasteiger partial charge in [-0.1, -0.05) is 0 Å². The molecule has 0 bridgehead atoms. The van der Waals surface area contributed by atoms with Gasteiger partial charge in [-0.05, 0) is 33.8 Å². The fourth-order valence-electron chi connectivity index (χ4n) is 2.35. The van der Waals surface area contributed by atoms with Gasteiger partial charge >= 0.3 is 5.97 Å². The molecule has 114 valence electrons. The van der Waals surface area contributed by atoms with E-state index in [0.717, 1.165) is 15.9 Å². The maximum absolute atomic E-state index is 12.7. The average molecular weight is 309 g/mol. The Morgan fingerprint density at radius 3 is 2.57 bits per heavy atom. The number of carboxylic acid groups (broad SMARTS) is 1. The number of carboxylic acids is 1. The van der Waals surface area contributed by atoms with E-state index >= 15 is 0 Å². The number of rotatable bonds is 4. The van der Waals surface area contributed by atoms with E-state index in [9.17, 15) is 14.7 Å². The number of amides is 1. The van der Waals surface area contributed by atoms with Crippen LogP contribution in [0.5, 0.6) is 0 Å². The number of hydrogen-bond acceptors (Lipinski definition) is 4. The third-order valence-corrected chi connectivity index (χ3v) is 4.86. The van der Waals surface area contributed by atoms with Crippen molar-refractivity contribution >= 4 is 33.4 Å². The van der Waals surface area contributed by atoms with Crippen molar-refractivity contribution in [2.75, 3.05) is 6.54 Å². The van der Waals surface area contributed by atoms with E-state index in [4.69, 9.17) is 0 Å². The Balaban J connectivity index is 2.45. The Morgan fingerprint density at radius 2 is 2.10 bits per heavy atom. The maximum Gasteiger partial charge on any atom is 0.329 e. The van der Waals surface area contributed by atoms with Gasteiger partial charge in [-0.15, -0.1) is 11.3 Å². The Kier molecular flexibility index (Phi) is 3.79. The molecule has 0 aliphatic carbocycles. The number of nitrogens with zero attached hydrogens (tertiary/aromatic N) is 3. The van der Waals surface area contributed by atoms with E-state index in [0.29, 0.717) is 11.4 Å². The van der Waals surface area contributed by atoms with E-state index in [2.05, 4.69) is 5.10 Å². The minimum Gasteiger partial charge on any atom is -0.480 e. The first kappa shape index (κ1) is 15.5. The summed E-state index contributed by atoms with van der Waals surface area (Å²) in [7, 11) is 1.83. The fourth-order valence-corrected chi connectivity index (χ4v) is 3.42. The van der Waals surface area contributed by atoms with Gasteiger partial charge in [0.25, 0.3) is 5.91 Å². The molecule has 0 radical (unpaired) electrons. The number of carbonyl (C=O) groups excluding carboxylic acids is 1. The smallest absolute Gasteiger partial charge is 0.329 e. The second-order valence-corrected chi connectivity index (χ2v) is 6.48. The molecule has 1 N–H and O–H groups in total. The number of aromatic nitrogens is 2. The molecule has 0 unspecified atom stereocenters. The zero-order chi connectivity index (χ0) is 15.9. The summed E-state index contributed by atoms with van der Waals surface area (Å²) in [6.45, 7) is 7.09. The lowest BCUT2D eigenvalue weighted by Gasteiger charge is -2.33. The molecule has 21 heavy (non-hydrogen) atoms. The van der Waals surface area contributed by atoms with Gasteiger partial charge in [0, 0.05) is 19.0 Å². The van der Waals surface area contributed by atoms with Crippen LogP contribution in [0.1, 0.15) is 36.1 Å². The third kappa shape index (κ3) is 2.42. The highest BCUT2D eigenvalue weighted by Gasteiger charge is 2.37. The predicted molar refractivity (Wildman–Crippen MR) is 81.8 cm³/mol. The van der Waals surface area contributed by atoms with Crippen molar-refractivity contribution in [1.29, 1.82) is 0 Å². The van der Waals surface area contributed by atoms with Crippen LogP contribution in [-0.2, 0) is 11.8 Å². The van der Waals surface area contributed by atoms with Crippen LogP contribution < -0.4 is 0 Å². The second-order valence-electron chi connectivity index (χ2n) is 5.45. The van der Waals surface area contributed by atoms with Crippen LogP contribution in [0, 0.1) is 6.92 Å². The van der Waals surface area contributed by atoms with Gasteiger partial charge in [-0.2, -0.15) is 5.10 Å². The molecular formula is C14H19N3O3S. The number of hydrogen-bond donors (Lipinski definition) is 1. The number of aryl methyl sites for hydroxylation is 2. The Hall–Kier alpha value is -1.89. The van der Waals surface area contributed by atoms with Gasteiger partial charge in [-0.25, -0.2) is 4.79 Å². The first-order valence-electron chi connectivity index (χ1n) is 6.68. The molecule has 0 aliphatic heterocycles. The standard InChI is InChI=1S/C14H19N3O3S/c1-6-17(14(3,4)13(19)20)11(18)10-7-9-8(2)15-16(5)12(9)21-10/h7H,6H2,1-5H3,(H,19,20). The van der Waals surface area contributed by atoms with Crippen LogP contribution in [-0.4, -0.2) is 43.7 Å². The topological polar surface area (TPSA) is 75.4 Å². The third-order valence-electron chi connectivity index (χ3n) is 3.67. The van der Waals surface area contributed by atoms with Crippen molar-refractivity contribution < 1.29 is 14.7 Å². The highest BCUT2D eigenvalue weighted by molar-refractivity contribution is 7.20. The number of aliphatic carboxylic acids is 1. The first-order valence-corrected chi connectivity index (χ1v) is 7.50. The van der Waals surface area contributed by atoms with Gasteiger partial charge < -0.3 is 10.0 Å². The molecular weight excluding hydrogens is 290 g/mol. The quantitative estimate of drug-likeness (QED) is 0.940. The number of thiophene rings is 1. The monoisotopic (exact) mass is 309 g/mol. The Labute approximate surface area is 127 Å². The summed E-state index contributed by atoms with van der Waals surface area (Å²) in [5.41, 5.74) is -0.377. The minimum absolute atomic E-state index is 0.259. The van der Waals surface area contributed by atoms with Gasteiger partial charge in [0.1, 0.15) is 10.4 Å². The van der Waals surface area contributed by atoms with Crippen molar-refractivity contribution in [2.45, 2.75) is 33.2 Å². The van der Waals surface area contributed by atoms with Gasteiger partial charge in [0.15, 0.2) is 0 Å². The predicted octanol–water partition coefficient (Wildman–Crippen LogP) is 2.27. The second kappa shape index (κ2) is 5.14. The summed E-state index contributed by atoms with van der Waals surface area (Å²) >= 11 is 1.34. The van der Waals surface area contributed by atoms with Crippen LogP contribution in [0.2, 0.25) is 0 Å². The highest BCUT2D eigenvalue weighted by Crippen LogP contribution is 2.30. The van der Waals surface area contributed by atoms with Crippen LogP contribution in [0.3, 0.4) is 0 Å². The van der Waals surface area contributed by atoms with Crippen LogP contribution >= 0.6 is 11.3 Å². The lowest BCUT2D eigenvalue weighted by atomic mass is 10.0. The summed E-state index contributed by atoms with van der Waals surface area (Å²) in [4.78, 5) is 26.9. The van der Waals surface area contributed by atoms with Crippen molar-refractivity contribution in [2.24, 2.45) is 7.05 Å². The first-order chi connectivity index (χ1) is 9.70. The van der Waals surface area contributed by atoms with E-state index in [1.165, 1.54) is 30.1 Å². The Morgan fingerprint density at radius 1 is 1.48 bits per heavy atom. The lowest BCUT2D eigenvalue weighted by molar-refractivity contribution is -0.147. The molecule has 2 heterocycles. The van der Waals surface area contributed by atoms with E-state index in [1.807, 2.05) is 14.0 Å². The number of fused-ring (bicyclic) bond motifs is 1. The normalized spacial score (nSPS) is 11.9. The summed E-state index contributed by atoms with van der Waals surface area (Å²) < 4.78 is 1.74. The molecule has 2 aromatic rings. The number of carbonyl (C=O) groups is 2. The summed E-state index contributed by atoms with van der Waals surface area (Å²) in [5.74, 6) is -1.28. The molecule has 0 atom stereocenters. The molecule has 0 aromatic carbocycles. The maximum atomic E-state index is 12.7. The molecule has 7 heteroatoms. The summed E-state index contributed by atoms with van der Waals surface area (Å²) in [5, 5.41) is 14.6. The van der Waals surface area contributed by atoms with Crippen molar-refractivity contribution in [3.05, 3.63) is 16.6 Å². The average Bonchev–Trinajstić information content (AvgIpc) is 2.92. The van der Waals surface area contributed by atoms with Crippen LogP contribution in [0.25, 0.3) is 10.2 Å². The van der Waals surface area contributed by atoms with E-state index in [1.54, 1.807) is 17.7 Å². The Bertz CT molecular complexity index is 680. The van der Waals surface area contributed by atoms with E-state index in [-0.39, 0.29) is 5.91 Å². The number of likely N-dealkylation sites (N-methyl/N-ethyl adjacent to an activating group) is 1. The SMILES string of the molecule is CCN(C(=O)c1cc2c(C)nn(C)c2s1)C(C)(C)C(=O)O. The van der Waals surface area contributed by atoms with Crippen LogP contribution in [0.15, 0.2) is 6.07 Å². The lowest BCUT2D eigenvalue weighted by Crippen LogP contribution is -2.52. The molecule has 0 spiro atoms. The van der Waals surface area contributed by atoms with Crippen molar-refractivity contribution in [3.8, 4) is 0 Å². The van der Waals surface area contributed by atoms with Gasteiger partial charge in [-0.3, -0.25) is 9.48 Å². The van der Waals surface area contributed by atoms with Gasteiger partial charge in [0.2, 0.25) is 0 Å². The molecule has 2 aromatic heterocycles. The van der Waals surface area contributed by atoms with E-state index < -0.39 is 11.5 Å². The molecule has 0 fully saturated rings. The largest absolute Gasteiger partial charge is 0.480 e. The zero-order valence-corrected chi connectivity index (χ0v) is 13.6.